The van der Waals surface area contributed by atoms with Gasteiger partial charge in [-0.1, -0.05) is 0 Å². The maximum absolute atomic E-state index is 5.84. The predicted molar refractivity (Wildman–Crippen MR) is 66.0 cm³/mol. The highest BCUT2D eigenvalue weighted by Crippen LogP contribution is 2.23. The summed E-state index contributed by atoms with van der Waals surface area (Å²) < 4.78 is 11.2. The second kappa shape index (κ2) is 5.75. The van der Waals surface area contributed by atoms with E-state index in [9.17, 15) is 0 Å². The zero-order valence-corrected chi connectivity index (χ0v) is 10.3. The Hall–Kier alpha value is -1.22. The number of benzene rings is 1. The molecule has 1 aromatic rings. The van der Waals surface area contributed by atoms with Gasteiger partial charge >= 0.3 is 0 Å². The summed E-state index contributed by atoms with van der Waals surface area (Å²) >= 11 is 0. The van der Waals surface area contributed by atoms with Gasteiger partial charge in [0.05, 0.1) is 6.61 Å². The van der Waals surface area contributed by atoms with Crippen LogP contribution < -0.4 is 15.2 Å². The number of hydrogen-bond donors (Lipinski definition) is 1. The van der Waals surface area contributed by atoms with E-state index in [0.717, 1.165) is 17.9 Å². The van der Waals surface area contributed by atoms with Gasteiger partial charge in [0.25, 0.3) is 0 Å². The third kappa shape index (κ3) is 4.11. The largest absolute Gasteiger partial charge is 0.494 e. The van der Waals surface area contributed by atoms with Crippen molar-refractivity contribution < 1.29 is 9.47 Å². The van der Waals surface area contributed by atoms with Crippen LogP contribution in [0.15, 0.2) is 24.3 Å². The zero-order valence-electron chi connectivity index (χ0n) is 10.3. The summed E-state index contributed by atoms with van der Waals surface area (Å²) in [6.07, 6.45) is 0.834. The Morgan fingerprint density at radius 3 is 2.19 bits per heavy atom. The van der Waals surface area contributed by atoms with Crippen LogP contribution in [-0.4, -0.2) is 18.8 Å². The normalized spacial score (nSPS) is 11.2. The topological polar surface area (TPSA) is 44.5 Å². The summed E-state index contributed by atoms with van der Waals surface area (Å²) in [4.78, 5) is 0. The molecule has 16 heavy (non-hydrogen) atoms. The average molecular weight is 223 g/mol. The lowest BCUT2D eigenvalue weighted by Crippen LogP contribution is -2.31. The molecule has 3 nitrogen and oxygen atoms in total. The summed E-state index contributed by atoms with van der Waals surface area (Å²) in [6, 6.07) is 7.67. The molecular formula is C13H21NO2. The van der Waals surface area contributed by atoms with Crippen LogP contribution in [0.25, 0.3) is 0 Å². The van der Waals surface area contributed by atoms with E-state index in [1.54, 1.807) is 0 Å². The van der Waals surface area contributed by atoms with Crippen LogP contribution in [0.4, 0.5) is 0 Å². The molecule has 0 saturated carbocycles. The Bertz CT molecular complexity index is 306. The van der Waals surface area contributed by atoms with Crippen molar-refractivity contribution in [2.45, 2.75) is 32.8 Å². The Morgan fingerprint density at radius 2 is 1.69 bits per heavy atom. The van der Waals surface area contributed by atoms with Crippen LogP contribution in [0.3, 0.4) is 0 Å². The van der Waals surface area contributed by atoms with Gasteiger partial charge in [-0.3, -0.25) is 0 Å². The third-order valence-corrected chi connectivity index (χ3v) is 2.28. The van der Waals surface area contributed by atoms with Gasteiger partial charge in [-0.05, 0) is 58.0 Å². The van der Waals surface area contributed by atoms with E-state index in [1.165, 1.54) is 0 Å². The smallest absolute Gasteiger partial charge is 0.120 e. The molecule has 2 N–H and O–H groups in total. The minimum Gasteiger partial charge on any atom is -0.494 e. The van der Waals surface area contributed by atoms with E-state index < -0.39 is 0 Å². The van der Waals surface area contributed by atoms with Crippen LogP contribution >= 0.6 is 0 Å². The Kier molecular flexibility index (Phi) is 4.62. The maximum atomic E-state index is 5.84. The van der Waals surface area contributed by atoms with E-state index in [1.807, 2.05) is 45.0 Å². The SMILES string of the molecule is CCOc1ccc(OC(C)(C)CCN)cc1. The van der Waals surface area contributed by atoms with Crippen molar-refractivity contribution >= 4 is 0 Å². The summed E-state index contributed by atoms with van der Waals surface area (Å²) in [6.45, 7) is 7.35. The molecule has 0 amide bonds. The fraction of sp³-hybridized carbons (Fsp3) is 0.538. The Morgan fingerprint density at radius 1 is 1.12 bits per heavy atom. The molecule has 90 valence electrons. The lowest BCUT2D eigenvalue weighted by atomic mass is 10.1. The van der Waals surface area contributed by atoms with E-state index in [-0.39, 0.29) is 5.60 Å². The fourth-order valence-corrected chi connectivity index (χ4v) is 1.49. The van der Waals surface area contributed by atoms with Gasteiger partial charge in [-0.2, -0.15) is 0 Å². The van der Waals surface area contributed by atoms with Crippen LogP contribution in [0.5, 0.6) is 11.5 Å². The standard InChI is InChI=1S/C13H21NO2/c1-4-15-11-5-7-12(8-6-11)16-13(2,3)9-10-14/h5-8H,4,9-10,14H2,1-3H3. The average Bonchev–Trinajstić information content (AvgIpc) is 2.21. The van der Waals surface area contributed by atoms with Crippen molar-refractivity contribution in [1.29, 1.82) is 0 Å². The van der Waals surface area contributed by atoms with Gasteiger partial charge in [0.1, 0.15) is 17.1 Å². The lowest BCUT2D eigenvalue weighted by molar-refractivity contribution is 0.102. The van der Waals surface area contributed by atoms with Gasteiger partial charge in [0, 0.05) is 0 Å². The van der Waals surface area contributed by atoms with Crippen molar-refractivity contribution in [3.05, 3.63) is 24.3 Å². The van der Waals surface area contributed by atoms with Gasteiger partial charge in [0.2, 0.25) is 0 Å². The van der Waals surface area contributed by atoms with E-state index in [4.69, 9.17) is 15.2 Å². The number of hydrogen-bond acceptors (Lipinski definition) is 3. The molecule has 0 saturated heterocycles. The highest BCUT2D eigenvalue weighted by molar-refractivity contribution is 5.31. The quantitative estimate of drug-likeness (QED) is 0.806. The summed E-state index contributed by atoms with van der Waals surface area (Å²) in [7, 11) is 0. The van der Waals surface area contributed by atoms with Gasteiger partial charge in [-0.15, -0.1) is 0 Å². The molecule has 0 spiro atoms. The second-order valence-electron chi connectivity index (χ2n) is 4.30. The van der Waals surface area contributed by atoms with Crippen LogP contribution in [-0.2, 0) is 0 Å². The summed E-state index contributed by atoms with van der Waals surface area (Å²) in [5.41, 5.74) is 5.31. The Labute approximate surface area is 97.6 Å². The molecule has 0 atom stereocenters. The first-order valence-electron chi connectivity index (χ1n) is 5.69. The number of nitrogens with two attached hydrogens (primary N) is 1. The van der Waals surface area contributed by atoms with Crippen molar-refractivity contribution in [2.75, 3.05) is 13.2 Å². The molecule has 0 aliphatic heterocycles. The molecule has 0 radical (unpaired) electrons. The van der Waals surface area contributed by atoms with Crippen LogP contribution in [0.2, 0.25) is 0 Å². The van der Waals surface area contributed by atoms with E-state index in [2.05, 4.69) is 0 Å². The van der Waals surface area contributed by atoms with Crippen molar-refractivity contribution in [3.63, 3.8) is 0 Å². The van der Waals surface area contributed by atoms with Crippen molar-refractivity contribution in [2.24, 2.45) is 5.73 Å². The molecule has 0 aliphatic carbocycles. The third-order valence-electron chi connectivity index (χ3n) is 2.28. The molecule has 0 unspecified atom stereocenters. The summed E-state index contributed by atoms with van der Waals surface area (Å²) in [5, 5.41) is 0. The first-order valence-corrected chi connectivity index (χ1v) is 5.69. The molecule has 1 rings (SSSR count). The predicted octanol–water partition coefficient (Wildman–Crippen LogP) is 2.59. The van der Waals surface area contributed by atoms with Gasteiger partial charge < -0.3 is 15.2 Å². The molecular weight excluding hydrogens is 202 g/mol. The number of rotatable bonds is 6. The van der Waals surface area contributed by atoms with Crippen LogP contribution in [0, 0.1) is 0 Å². The Balaban J connectivity index is 2.61. The summed E-state index contributed by atoms with van der Waals surface area (Å²) in [5.74, 6) is 1.72. The van der Waals surface area contributed by atoms with Gasteiger partial charge in [-0.25, -0.2) is 0 Å². The monoisotopic (exact) mass is 223 g/mol. The number of ether oxygens (including phenoxy) is 2. The van der Waals surface area contributed by atoms with Crippen LogP contribution in [0.1, 0.15) is 27.2 Å². The molecule has 3 heteroatoms. The minimum atomic E-state index is -0.220. The molecule has 0 aromatic heterocycles. The first-order chi connectivity index (χ1) is 7.57. The molecule has 0 bridgehead atoms. The molecule has 0 aliphatic rings. The van der Waals surface area contributed by atoms with E-state index >= 15 is 0 Å². The highest BCUT2D eigenvalue weighted by Gasteiger charge is 2.18. The van der Waals surface area contributed by atoms with Crippen molar-refractivity contribution in [3.8, 4) is 11.5 Å². The molecule has 1 aromatic carbocycles. The lowest BCUT2D eigenvalue weighted by Gasteiger charge is -2.25. The zero-order chi connectivity index (χ0) is 12.0. The van der Waals surface area contributed by atoms with Gasteiger partial charge in [0.15, 0.2) is 0 Å². The minimum absolute atomic E-state index is 0.220. The highest BCUT2D eigenvalue weighted by atomic mass is 16.5. The van der Waals surface area contributed by atoms with Crippen molar-refractivity contribution in [1.82, 2.24) is 0 Å². The fourth-order valence-electron chi connectivity index (χ4n) is 1.49. The first kappa shape index (κ1) is 12.8. The molecule has 0 fully saturated rings. The van der Waals surface area contributed by atoms with E-state index in [0.29, 0.717) is 13.2 Å². The molecule has 0 heterocycles. The maximum Gasteiger partial charge on any atom is 0.120 e. The second-order valence-corrected chi connectivity index (χ2v) is 4.30.